The summed E-state index contributed by atoms with van der Waals surface area (Å²) in [5.41, 5.74) is 1.74. The lowest BCUT2D eigenvalue weighted by molar-refractivity contribution is 0.0691. The van der Waals surface area contributed by atoms with Gasteiger partial charge >= 0.3 is 5.97 Å². The van der Waals surface area contributed by atoms with Gasteiger partial charge < -0.3 is 9.84 Å². The smallest absolute Gasteiger partial charge is 0.339 e. The molecule has 1 N–H and O–H groups in total. The molecule has 0 amide bonds. The van der Waals surface area contributed by atoms with E-state index in [1.807, 2.05) is 6.92 Å². The first kappa shape index (κ1) is 14.9. The first-order valence-corrected chi connectivity index (χ1v) is 6.91. The molecule has 0 unspecified atom stereocenters. The number of benzene rings is 1. The second-order valence-corrected chi connectivity index (χ2v) is 5.43. The number of hydrogen-bond donors (Lipinski definition) is 1. The Morgan fingerprint density at radius 2 is 2.25 bits per heavy atom. The summed E-state index contributed by atoms with van der Waals surface area (Å²) in [7, 11) is 1.80. The number of carbonyl (C=O) groups is 1. The third-order valence-corrected chi connectivity index (χ3v) is 4.07. The SMILES string of the molecule is Cc1nn(C)c(COc2cc(Cl)ccc2C(=O)O)c1Br. The van der Waals surface area contributed by atoms with Crippen molar-refractivity contribution < 1.29 is 14.6 Å². The first-order chi connectivity index (χ1) is 9.40. The number of halogens is 2. The highest BCUT2D eigenvalue weighted by Gasteiger charge is 2.15. The van der Waals surface area contributed by atoms with Gasteiger partial charge in [-0.1, -0.05) is 11.6 Å². The predicted molar refractivity (Wildman–Crippen MR) is 78.4 cm³/mol. The molecule has 0 fully saturated rings. The topological polar surface area (TPSA) is 64.4 Å². The van der Waals surface area contributed by atoms with Gasteiger partial charge in [0.2, 0.25) is 0 Å². The fourth-order valence-corrected chi connectivity index (χ4v) is 2.39. The number of hydrogen-bond acceptors (Lipinski definition) is 3. The van der Waals surface area contributed by atoms with Crippen LogP contribution >= 0.6 is 27.5 Å². The van der Waals surface area contributed by atoms with Crippen LogP contribution < -0.4 is 4.74 Å². The standard InChI is InChI=1S/C13H12BrClN2O3/c1-7-12(14)10(17(2)16-7)6-20-11-5-8(15)3-4-9(11)13(18)19/h3-5H,6H2,1-2H3,(H,18,19). The quantitative estimate of drug-likeness (QED) is 0.908. The molecule has 1 aromatic heterocycles. The second-order valence-electron chi connectivity index (χ2n) is 4.20. The number of aryl methyl sites for hydroxylation is 2. The molecule has 1 heterocycles. The van der Waals surface area contributed by atoms with Gasteiger partial charge in [0.25, 0.3) is 0 Å². The van der Waals surface area contributed by atoms with Crippen LogP contribution in [0.5, 0.6) is 5.75 Å². The van der Waals surface area contributed by atoms with E-state index in [4.69, 9.17) is 21.4 Å². The third-order valence-electron chi connectivity index (χ3n) is 2.80. The number of carboxylic acids is 1. The number of ether oxygens (including phenoxy) is 1. The fraction of sp³-hybridized carbons (Fsp3) is 0.231. The number of rotatable bonds is 4. The first-order valence-electron chi connectivity index (χ1n) is 5.73. The summed E-state index contributed by atoms with van der Waals surface area (Å²) in [6.07, 6.45) is 0. The minimum absolute atomic E-state index is 0.0735. The molecular weight excluding hydrogens is 348 g/mol. The average Bonchev–Trinajstić information content (AvgIpc) is 2.61. The molecule has 0 saturated heterocycles. The number of aromatic nitrogens is 2. The third kappa shape index (κ3) is 2.96. The zero-order valence-electron chi connectivity index (χ0n) is 10.9. The maximum Gasteiger partial charge on any atom is 0.339 e. The summed E-state index contributed by atoms with van der Waals surface area (Å²) >= 11 is 9.30. The molecule has 0 aliphatic heterocycles. The van der Waals surface area contributed by atoms with E-state index >= 15 is 0 Å². The van der Waals surface area contributed by atoms with Gasteiger partial charge in [0.05, 0.1) is 15.9 Å². The van der Waals surface area contributed by atoms with Crippen LogP contribution in [0.3, 0.4) is 0 Å². The van der Waals surface area contributed by atoms with E-state index in [9.17, 15) is 4.79 Å². The van der Waals surface area contributed by atoms with Gasteiger partial charge in [-0.3, -0.25) is 4.68 Å². The van der Waals surface area contributed by atoms with E-state index in [0.717, 1.165) is 15.9 Å². The molecule has 0 aliphatic carbocycles. The van der Waals surface area contributed by atoms with Crippen molar-refractivity contribution in [2.75, 3.05) is 0 Å². The van der Waals surface area contributed by atoms with Crippen LogP contribution in [0.15, 0.2) is 22.7 Å². The molecule has 0 bridgehead atoms. The van der Waals surface area contributed by atoms with Crippen molar-refractivity contribution in [2.24, 2.45) is 7.05 Å². The molecule has 0 saturated carbocycles. The van der Waals surface area contributed by atoms with Gasteiger partial charge in [-0.2, -0.15) is 5.10 Å². The average molecular weight is 360 g/mol. The van der Waals surface area contributed by atoms with E-state index < -0.39 is 5.97 Å². The molecule has 5 nitrogen and oxygen atoms in total. The molecule has 0 atom stereocenters. The van der Waals surface area contributed by atoms with E-state index in [-0.39, 0.29) is 17.9 Å². The van der Waals surface area contributed by atoms with Crippen molar-refractivity contribution >= 4 is 33.5 Å². The predicted octanol–water partition coefficient (Wildman–Crippen LogP) is 3.42. The van der Waals surface area contributed by atoms with Crippen LogP contribution in [-0.4, -0.2) is 20.9 Å². The maximum absolute atomic E-state index is 11.1. The maximum atomic E-state index is 11.1. The summed E-state index contributed by atoms with van der Waals surface area (Å²) in [5.74, 6) is -0.826. The monoisotopic (exact) mass is 358 g/mol. The summed E-state index contributed by atoms with van der Waals surface area (Å²) in [6.45, 7) is 2.06. The van der Waals surface area contributed by atoms with Crippen LogP contribution in [-0.2, 0) is 13.7 Å². The van der Waals surface area contributed by atoms with E-state index in [0.29, 0.717) is 5.02 Å². The summed E-state index contributed by atoms with van der Waals surface area (Å²) in [5, 5.41) is 13.8. The Hall–Kier alpha value is -1.53. The van der Waals surface area contributed by atoms with Crippen molar-refractivity contribution in [3.05, 3.63) is 44.6 Å². The highest BCUT2D eigenvalue weighted by atomic mass is 79.9. The van der Waals surface area contributed by atoms with Gasteiger partial charge in [0, 0.05) is 12.1 Å². The van der Waals surface area contributed by atoms with Crippen LogP contribution in [0.4, 0.5) is 0 Å². The lowest BCUT2D eigenvalue weighted by Crippen LogP contribution is -2.07. The van der Waals surface area contributed by atoms with Gasteiger partial charge in [-0.15, -0.1) is 0 Å². The molecule has 0 spiro atoms. The molecule has 0 radical (unpaired) electrons. The molecule has 0 aliphatic rings. The zero-order valence-corrected chi connectivity index (χ0v) is 13.2. The van der Waals surface area contributed by atoms with Crippen molar-refractivity contribution in [3.8, 4) is 5.75 Å². The van der Waals surface area contributed by atoms with Crippen molar-refractivity contribution in [1.82, 2.24) is 9.78 Å². The van der Waals surface area contributed by atoms with Crippen LogP contribution in [0.2, 0.25) is 5.02 Å². The van der Waals surface area contributed by atoms with E-state index in [1.165, 1.54) is 18.2 Å². The fourth-order valence-electron chi connectivity index (χ4n) is 1.78. The number of aromatic carboxylic acids is 1. The molecular formula is C13H12BrClN2O3. The van der Waals surface area contributed by atoms with Crippen LogP contribution in [0.25, 0.3) is 0 Å². The lowest BCUT2D eigenvalue weighted by atomic mass is 10.2. The minimum Gasteiger partial charge on any atom is -0.486 e. The summed E-state index contributed by atoms with van der Waals surface area (Å²) < 4.78 is 8.12. The summed E-state index contributed by atoms with van der Waals surface area (Å²) in [4.78, 5) is 11.1. The largest absolute Gasteiger partial charge is 0.486 e. The number of carboxylic acid groups (broad SMARTS) is 1. The normalized spacial score (nSPS) is 10.6. The van der Waals surface area contributed by atoms with Crippen molar-refractivity contribution in [2.45, 2.75) is 13.5 Å². The Labute approximate surface area is 129 Å². The Kier molecular flexibility index (Phi) is 4.35. The molecule has 1 aromatic carbocycles. The second kappa shape index (κ2) is 5.85. The van der Waals surface area contributed by atoms with Gasteiger partial charge in [0.15, 0.2) is 0 Å². The highest BCUT2D eigenvalue weighted by Crippen LogP contribution is 2.26. The molecule has 106 valence electrons. The molecule has 20 heavy (non-hydrogen) atoms. The highest BCUT2D eigenvalue weighted by molar-refractivity contribution is 9.10. The van der Waals surface area contributed by atoms with Crippen molar-refractivity contribution in [3.63, 3.8) is 0 Å². The Morgan fingerprint density at radius 1 is 1.55 bits per heavy atom. The zero-order chi connectivity index (χ0) is 14.9. The van der Waals surface area contributed by atoms with Gasteiger partial charge in [-0.25, -0.2) is 4.79 Å². The van der Waals surface area contributed by atoms with Gasteiger partial charge in [-0.05, 0) is 41.1 Å². The molecule has 7 heteroatoms. The minimum atomic E-state index is -1.06. The Bertz CT molecular complexity index is 670. The Morgan fingerprint density at radius 3 is 2.80 bits per heavy atom. The van der Waals surface area contributed by atoms with Crippen LogP contribution in [0.1, 0.15) is 21.7 Å². The van der Waals surface area contributed by atoms with Crippen molar-refractivity contribution in [1.29, 1.82) is 0 Å². The van der Waals surface area contributed by atoms with E-state index in [2.05, 4.69) is 21.0 Å². The summed E-state index contributed by atoms with van der Waals surface area (Å²) in [6, 6.07) is 4.42. The molecule has 2 rings (SSSR count). The van der Waals surface area contributed by atoms with Gasteiger partial charge in [0.1, 0.15) is 17.9 Å². The molecule has 2 aromatic rings. The lowest BCUT2D eigenvalue weighted by Gasteiger charge is -2.10. The number of nitrogens with zero attached hydrogens (tertiary/aromatic N) is 2. The van der Waals surface area contributed by atoms with Crippen LogP contribution in [0, 0.1) is 6.92 Å². The van der Waals surface area contributed by atoms with E-state index in [1.54, 1.807) is 11.7 Å². The Balaban J connectivity index is 2.27.